The molecule has 0 spiro atoms. The van der Waals surface area contributed by atoms with Crippen molar-refractivity contribution in [3.05, 3.63) is 154 Å². The SMILES string of the molecule is Cc1ccc(N(c2ccc(C)cc2)c2ccc(-c3ccc4c(c3)C(=O)c3cc(-c5ccc(C=C(C#N)C(=O)O)s5)ccc3-4)cc2)cc1. The summed E-state index contributed by atoms with van der Waals surface area (Å²) < 4.78 is 0. The molecule has 1 heterocycles. The summed E-state index contributed by atoms with van der Waals surface area (Å²) in [6.45, 7) is 4.17. The van der Waals surface area contributed by atoms with E-state index in [0.717, 1.165) is 49.8 Å². The van der Waals surface area contributed by atoms with Gasteiger partial charge >= 0.3 is 5.97 Å². The Hall–Kier alpha value is -6.03. The Labute approximate surface area is 276 Å². The fourth-order valence-corrected chi connectivity index (χ4v) is 6.87. The molecule has 6 aromatic rings. The lowest BCUT2D eigenvalue weighted by atomic mass is 9.98. The van der Waals surface area contributed by atoms with Crippen LogP contribution in [0, 0.1) is 25.2 Å². The molecule has 0 bridgehead atoms. The zero-order valence-electron chi connectivity index (χ0n) is 25.7. The van der Waals surface area contributed by atoms with Crippen LogP contribution in [0.5, 0.6) is 0 Å². The number of nitrogens with zero attached hydrogens (tertiary/aromatic N) is 2. The van der Waals surface area contributed by atoms with Gasteiger partial charge < -0.3 is 10.0 Å². The second kappa shape index (κ2) is 12.1. The van der Waals surface area contributed by atoms with Gasteiger partial charge in [-0.05, 0) is 108 Å². The van der Waals surface area contributed by atoms with Crippen molar-refractivity contribution in [1.29, 1.82) is 5.26 Å². The largest absolute Gasteiger partial charge is 0.477 e. The van der Waals surface area contributed by atoms with E-state index in [2.05, 4.69) is 97.6 Å². The molecule has 7 rings (SSSR count). The van der Waals surface area contributed by atoms with E-state index in [1.165, 1.54) is 28.5 Å². The van der Waals surface area contributed by atoms with Crippen LogP contribution in [0.2, 0.25) is 0 Å². The zero-order chi connectivity index (χ0) is 32.7. The molecule has 1 aromatic heterocycles. The fourth-order valence-electron chi connectivity index (χ4n) is 5.92. The number of thiophene rings is 1. The maximum absolute atomic E-state index is 13.7. The first kappa shape index (κ1) is 29.7. The molecule has 0 saturated carbocycles. The highest BCUT2D eigenvalue weighted by Gasteiger charge is 2.27. The van der Waals surface area contributed by atoms with Gasteiger partial charge in [-0.25, -0.2) is 4.79 Å². The molecule has 1 N–H and O–H groups in total. The van der Waals surface area contributed by atoms with Gasteiger partial charge in [0, 0.05) is 37.9 Å². The minimum Gasteiger partial charge on any atom is -0.477 e. The number of rotatable bonds is 7. The average Bonchev–Trinajstić information content (AvgIpc) is 3.67. The highest BCUT2D eigenvalue weighted by molar-refractivity contribution is 7.16. The number of nitriles is 1. The molecule has 5 nitrogen and oxygen atoms in total. The van der Waals surface area contributed by atoms with E-state index in [-0.39, 0.29) is 11.4 Å². The molecule has 226 valence electrons. The second-order valence-corrected chi connectivity index (χ2v) is 12.7. The smallest absolute Gasteiger partial charge is 0.346 e. The van der Waals surface area contributed by atoms with Crippen LogP contribution in [0.25, 0.3) is 38.8 Å². The van der Waals surface area contributed by atoms with Gasteiger partial charge in [0.05, 0.1) is 0 Å². The molecule has 0 fully saturated rings. The maximum atomic E-state index is 13.7. The van der Waals surface area contributed by atoms with E-state index in [4.69, 9.17) is 5.26 Å². The lowest BCUT2D eigenvalue weighted by Crippen LogP contribution is -2.09. The molecule has 0 saturated heterocycles. The van der Waals surface area contributed by atoms with Crippen molar-refractivity contribution >= 4 is 46.2 Å². The summed E-state index contributed by atoms with van der Waals surface area (Å²) in [5, 5.41) is 18.3. The van der Waals surface area contributed by atoms with Gasteiger partial charge in [-0.2, -0.15) is 5.26 Å². The van der Waals surface area contributed by atoms with Crippen molar-refractivity contribution in [3.8, 4) is 38.8 Å². The summed E-state index contributed by atoms with van der Waals surface area (Å²) in [6, 6.07) is 42.7. The number of carboxylic acids is 1. The van der Waals surface area contributed by atoms with Gasteiger partial charge in [-0.3, -0.25) is 4.79 Å². The van der Waals surface area contributed by atoms with Crippen LogP contribution in [0.1, 0.15) is 31.9 Å². The quantitative estimate of drug-likeness (QED) is 0.140. The Morgan fingerprint density at radius 3 is 1.68 bits per heavy atom. The highest BCUT2D eigenvalue weighted by Crippen LogP contribution is 2.42. The van der Waals surface area contributed by atoms with E-state index >= 15 is 0 Å². The number of hydrogen-bond acceptors (Lipinski definition) is 5. The van der Waals surface area contributed by atoms with Crippen molar-refractivity contribution in [2.24, 2.45) is 0 Å². The molecule has 0 unspecified atom stereocenters. The zero-order valence-corrected chi connectivity index (χ0v) is 26.5. The number of anilines is 3. The first-order valence-electron chi connectivity index (χ1n) is 15.1. The highest BCUT2D eigenvalue weighted by atomic mass is 32.1. The molecule has 47 heavy (non-hydrogen) atoms. The van der Waals surface area contributed by atoms with Gasteiger partial charge in [-0.1, -0.05) is 71.8 Å². The number of aliphatic carboxylic acids is 1. The molecule has 0 atom stereocenters. The van der Waals surface area contributed by atoms with Crippen molar-refractivity contribution in [3.63, 3.8) is 0 Å². The Bertz CT molecular complexity index is 2210. The Morgan fingerprint density at radius 1 is 0.660 bits per heavy atom. The molecule has 0 radical (unpaired) electrons. The number of ketones is 1. The van der Waals surface area contributed by atoms with Crippen molar-refractivity contribution in [2.45, 2.75) is 13.8 Å². The van der Waals surface area contributed by atoms with Crippen LogP contribution < -0.4 is 4.90 Å². The molecule has 1 aliphatic carbocycles. The predicted molar refractivity (Wildman–Crippen MR) is 189 cm³/mol. The molecule has 0 amide bonds. The number of carbonyl (C=O) groups is 2. The van der Waals surface area contributed by atoms with Crippen LogP contribution in [0.3, 0.4) is 0 Å². The Kier molecular flexibility index (Phi) is 7.61. The Morgan fingerprint density at radius 2 is 1.15 bits per heavy atom. The first-order valence-corrected chi connectivity index (χ1v) is 15.9. The number of carboxylic acid groups (broad SMARTS) is 1. The van der Waals surface area contributed by atoms with Crippen LogP contribution in [-0.2, 0) is 4.79 Å². The molecule has 0 aliphatic heterocycles. The number of hydrogen-bond donors (Lipinski definition) is 1. The van der Waals surface area contributed by atoms with Gasteiger partial charge in [0.25, 0.3) is 0 Å². The second-order valence-electron chi connectivity index (χ2n) is 11.6. The van der Waals surface area contributed by atoms with Gasteiger partial charge in [0.2, 0.25) is 0 Å². The summed E-state index contributed by atoms with van der Waals surface area (Å²) in [5.74, 6) is -1.28. The van der Waals surface area contributed by atoms with E-state index in [1.807, 2.05) is 36.4 Å². The number of benzene rings is 5. The van der Waals surface area contributed by atoms with Crippen LogP contribution >= 0.6 is 11.3 Å². The fraction of sp³-hybridized carbons (Fsp3) is 0.0488. The first-order chi connectivity index (χ1) is 22.8. The normalized spacial score (nSPS) is 11.9. The van der Waals surface area contributed by atoms with Crippen molar-refractivity contribution in [2.75, 3.05) is 4.90 Å². The monoisotopic (exact) mass is 628 g/mol. The topological polar surface area (TPSA) is 81.4 Å². The number of aryl methyl sites for hydroxylation is 2. The summed E-state index contributed by atoms with van der Waals surface area (Å²) in [6.07, 6.45) is 1.36. The van der Waals surface area contributed by atoms with Crippen molar-refractivity contribution < 1.29 is 14.7 Å². The lowest BCUT2D eigenvalue weighted by molar-refractivity contribution is -0.132. The van der Waals surface area contributed by atoms with Crippen LogP contribution in [0.4, 0.5) is 17.1 Å². The molecular formula is C41H28N2O3S. The summed E-state index contributed by atoms with van der Waals surface area (Å²) >= 11 is 1.37. The minimum atomic E-state index is -1.26. The van der Waals surface area contributed by atoms with Crippen LogP contribution in [0.15, 0.2) is 127 Å². The average molecular weight is 629 g/mol. The number of fused-ring (bicyclic) bond motifs is 3. The van der Waals surface area contributed by atoms with Gasteiger partial charge in [-0.15, -0.1) is 11.3 Å². The molecule has 5 aromatic carbocycles. The summed E-state index contributed by atoms with van der Waals surface area (Å²) in [7, 11) is 0. The van der Waals surface area contributed by atoms with E-state index in [1.54, 1.807) is 12.1 Å². The van der Waals surface area contributed by atoms with Crippen LogP contribution in [-0.4, -0.2) is 16.9 Å². The third-order valence-electron chi connectivity index (χ3n) is 8.41. The van der Waals surface area contributed by atoms with Gasteiger partial charge in [0.1, 0.15) is 11.6 Å². The van der Waals surface area contributed by atoms with Crippen molar-refractivity contribution in [1.82, 2.24) is 0 Å². The van der Waals surface area contributed by atoms with E-state index in [9.17, 15) is 14.7 Å². The molecular weight excluding hydrogens is 601 g/mol. The predicted octanol–water partition coefficient (Wildman–Crippen LogP) is 10.4. The third kappa shape index (κ3) is 5.65. The molecule has 1 aliphatic rings. The standard InChI is InChI=1S/C41H28N2O3S/c1-25-3-11-31(12-4-25)43(32-13-5-26(2)6-14-32)33-15-7-27(8-16-33)28-9-18-35-36-19-10-29(23-38(36)40(44)37(35)22-28)39-20-17-34(47-39)21-30(24-42)41(45)46/h3-23H,1-2H3,(H,45,46). The number of carbonyl (C=O) groups excluding carboxylic acids is 1. The third-order valence-corrected chi connectivity index (χ3v) is 9.49. The van der Waals surface area contributed by atoms with E-state index < -0.39 is 5.97 Å². The molecule has 6 heteroatoms. The summed E-state index contributed by atoms with van der Waals surface area (Å²) in [5.41, 5.74) is 11.3. The van der Waals surface area contributed by atoms with E-state index in [0.29, 0.717) is 16.0 Å². The van der Waals surface area contributed by atoms with Gasteiger partial charge in [0.15, 0.2) is 5.78 Å². The summed E-state index contributed by atoms with van der Waals surface area (Å²) in [4.78, 5) is 28.7. The maximum Gasteiger partial charge on any atom is 0.346 e. The lowest BCUT2D eigenvalue weighted by Gasteiger charge is -2.26. The minimum absolute atomic E-state index is 0.0189. The Balaban J connectivity index is 1.17.